The van der Waals surface area contributed by atoms with E-state index in [9.17, 15) is 0 Å². The molecule has 0 aliphatic rings. The predicted octanol–water partition coefficient (Wildman–Crippen LogP) is 4.83. The van der Waals surface area contributed by atoms with Gasteiger partial charge in [0.05, 0.1) is 8.07 Å². The maximum absolute atomic E-state index is 2.45. The van der Waals surface area contributed by atoms with E-state index in [4.69, 9.17) is 0 Å². The van der Waals surface area contributed by atoms with Gasteiger partial charge in [-0.05, 0) is 22.0 Å². The lowest BCUT2D eigenvalue weighted by Crippen LogP contribution is -2.44. The van der Waals surface area contributed by atoms with Gasteiger partial charge < -0.3 is 0 Å². The summed E-state index contributed by atoms with van der Waals surface area (Å²) in [5.74, 6) is 0. The summed E-state index contributed by atoms with van der Waals surface area (Å²) in [6.07, 6.45) is 0. The van der Waals surface area contributed by atoms with Gasteiger partial charge in [0.2, 0.25) is 0 Å². The van der Waals surface area contributed by atoms with E-state index < -0.39 is 8.07 Å². The van der Waals surface area contributed by atoms with Crippen LogP contribution in [0.3, 0.4) is 0 Å². The van der Waals surface area contributed by atoms with Gasteiger partial charge in [-0.1, -0.05) is 84.6 Å². The zero-order valence-electron chi connectivity index (χ0n) is 13.7. The summed E-state index contributed by atoms with van der Waals surface area (Å²) in [4.78, 5) is 0. The third-order valence-corrected chi connectivity index (χ3v) is 5.46. The van der Waals surface area contributed by atoms with Crippen LogP contribution in [-0.2, 0) is 10.8 Å². The van der Waals surface area contributed by atoms with Crippen LogP contribution in [0.25, 0.3) is 0 Å². The number of benzene rings is 1. The Balaban J connectivity index is 3.68. The fraction of sp³-hybridized carbons (Fsp3) is 0.647. The Morgan fingerprint density at radius 1 is 0.778 bits per heavy atom. The van der Waals surface area contributed by atoms with Gasteiger partial charge in [0, 0.05) is 0 Å². The second-order valence-corrected chi connectivity index (χ2v) is 13.5. The molecular formula is C17H30Si. The fourth-order valence-corrected chi connectivity index (χ4v) is 4.47. The van der Waals surface area contributed by atoms with Crippen molar-refractivity contribution in [2.24, 2.45) is 0 Å². The van der Waals surface area contributed by atoms with Gasteiger partial charge in [0.15, 0.2) is 0 Å². The molecule has 0 aliphatic carbocycles. The summed E-state index contributed by atoms with van der Waals surface area (Å²) >= 11 is 0. The molecule has 18 heavy (non-hydrogen) atoms. The third-order valence-electron chi connectivity index (χ3n) is 3.43. The Labute approximate surface area is 115 Å². The zero-order chi connectivity index (χ0) is 14.4. The Morgan fingerprint density at radius 3 is 1.61 bits per heavy atom. The van der Waals surface area contributed by atoms with Gasteiger partial charge in [-0.2, -0.15) is 0 Å². The van der Waals surface area contributed by atoms with Crippen molar-refractivity contribution in [2.45, 2.75) is 72.0 Å². The Kier molecular flexibility index (Phi) is 3.89. The Bertz CT molecular complexity index is 390. The molecule has 0 atom stereocenters. The van der Waals surface area contributed by atoms with Crippen LogP contribution in [0.1, 0.15) is 52.7 Å². The minimum absolute atomic E-state index is 0.221. The first-order chi connectivity index (χ1) is 7.85. The highest BCUT2D eigenvalue weighted by molar-refractivity contribution is 6.89. The molecule has 1 aromatic carbocycles. The lowest BCUT2D eigenvalue weighted by Gasteiger charge is -2.35. The van der Waals surface area contributed by atoms with Crippen LogP contribution in [-0.4, -0.2) is 8.07 Å². The summed E-state index contributed by atoms with van der Waals surface area (Å²) in [6, 6.07) is 6.94. The van der Waals surface area contributed by atoms with Crippen LogP contribution in [0.4, 0.5) is 0 Å². The number of rotatable bonds is 1. The van der Waals surface area contributed by atoms with Crippen LogP contribution < -0.4 is 5.19 Å². The second-order valence-electron chi connectivity index (χ2n) is 8.48. The van der Waals surface area contributed by atoms with E-state index in [0.717, 1.165) is 0 Å². The fourth-order valence-electron chi connectivity index (χ4n) is 2.61. The summed E-state index contributed by atoms with van der Waals surface area (Å²) in [5.41, 5.74) is 3.56. The highest BCUT2D eigenvalue weighted by Gasteiger charge is 2.31. The summed E-state index contributed by atoms with van der Waals surface area (Å²) in [5, 5.41) is 1.63. The first kappa shape index (κ1) is 15.5. The zero-order valence-corrected chi connectivity index (χ0v) is 14.7. The molecule has 102 valence electrons. The molecule has 0 fully saturated rings. The molecule has 0 saturated carbocycles. The Morgan fingerprint density at radius 2 is 1.28 bits per heavy atom. The first-order valence-electron chi connectivity index (χ1n) is 6.99. The van der Waals surface area contributed by atoms with E-state index in [1.54, 1.807) is 10.8 Å². The molecule has 0 unspecified atom stereocenters. The molecule has 0 saturated heterocycles. The normalized spacial score (nSPS) is 13.8. The SMILES string of the molecule is CC(C)(C)c1cccc([Si](C)(C)C)c1C(C)(C)C. The highest BCUT2D eigenvalue weighted by Crippen LogP contribution is 2.33. The van der Waals surface area contributed by atoms with Crippen molar-refractivity contribution >= 4 is 13.3 Å². The number of hydrogen-bond donors (Lipinski definition) is 0. The molecule has 1 rings (SSSR count). The molecule has 0 bridgehead atoms. The van der Waals surface area contributed by atoms with E-state index in [-0.39, 0.29) is 10.8 Å². The first-order valence-corrected chi connectivity index (χ1v) is 10.5. The van der Waals surface area contributed by atoms with Gasteiger partial charge in [-0.15, -0.1) is 0 Å². The van der Waals surface area contributed by atoms with E-state index in [2.05, 4.69) is 79.4 Å². The minimum Gasteiger partial charge on any atom is -0.0656 e. The molecule has 0 spiro atoms. The molecule has 0 aliphatic heterocycles. The van der Waals surface area contributed by atoms with Crippen molar-refractivity contribution < 1.29 is 0 Å². The van der Waals surface area contributed by atoms with Crippen LogP contribution in [0.5, 0.6) is 0 Å². The minimum atomic E-state index is -1.30. The molecular weight excluding hydrogens is 232 g/mol. The smallest absolute Gasteiger partial charge is 0.0656 e. The predicted molar refractivity (Wildman–Crippen MR) is 86.8 cm³/mol. The van der Waals surface area contributed by atoms with Gasteiger partial charge in [-0.3, -0.25) is 0 Å². The van der Waals surface area contributed by atoms with Crippen molar-refractivity contribution in [2.75, 3.05) is 0 Å². The molecule has 0 N–H and O–H groups in total. The lowest BCUT2D eigenvalue weighted by atomic mass is 9.75. The molecule has 0 amide bonds. The summed E-state index contributed by atoms with van der Waals surface area (Å²) < 4.78 is 0. The molecule has 0 heterocycles. The largest absolute Gasteiger partial charge is 0.0779 e. The quantitative estimate of drug-likeness (QED) is 0.636. The van der Waals surface area contributed by atoms with E-state index in [1.807, 2.05) is 0 Å². The van der Waals surface area contributed by atoms with Gasteiger partial charge >= 0.3 is 0 Å². The molecule has 0 aromatic heterocycles. The lowest BCUT2D eigenvalue weighted by molar-refractivity contribution is 0.533. The van der Waals surface area contributed by atoms with Crippen molar-refractivity contribution in [3.8, 4) is 0 Å². The Hall–Kier alpha value is -0.563. The van der Waals surface area contributed by atoms with Crippen molar-refractivity contribution in [1.29, 1.82) is 0 Å². The monoisotopic (exact) mass is 262 g/mol. The number of hydrogen-bond acceptors (Lipinski definition) is 0. The highest BCUT2D eigenvalue weighted by atomic mass is 28.3. The van der Waals surface area contributed by atoms with Gasteiger partial charge in [0.1, 0.15) is 0 Å². The van der Waals surface area contributed by atoms with E-state index in [1.165, 1.54) is 5.56 Å². The molecule has 0 radical (unpaired) electrons. The average Bonchev–Trinajstić information content (AvgIpc) is 2.12. The third kappa shape index (κ3) is 3.26. The van der Waals surface area contributed by atoms with E-state index >= 15 is 0 Å². The molecule has 1 aromatic rings. The second kappa shape index (κ2) is 4.52. The topological polar surface area (TPSA) is 0 Å². The standard InChI is InChI=1S/C17H30Si/c1-16(2,3)13-11-10-12-14(18(7,8)9)15(13)17(4,5)6/h10-12H,1-9H3. The summed E-state index contributed by atoms with van der Waals surface area (Å²) in [7, 11) is -1.30. The van der Waals surface area contributed by atoms with Crippen LogP contribution in [0.2, 0.25) is 19.6 Å². The van der Waals surface area contributed by atoms with Crippen molar-refractivity contribution in [3.63, 3.8) is 0 Å². The van der Waals surface area contributed by atoms with Crippen LogP contribution in [0.15, 0.2) is 18.2 Å². The van der Waals surface area contributed by atoms with Gasteiger partial charge in [-0.25, -0.2) is 0 Å². The van der Waals surface area contributed by atoms with Crippen molar-refractivity contribution in [1.82, 2.24) is 0 Å². The maximum Gasteiger partial charge on any atom is 0.0779 e. The van der Waals surface area contributed by atoms with Crippen LogP contribution >= 0.6 is 0 Å². The van der Waals surface area contributed by atoms with Gasteiger partial charge in [0.25, 0.3) is 0 Å². The molecule has 1 heteroatoms. The summed E-state index contributed by atoms with van der Waals surface area (Å²) in [6.45, 7) is 21.4. The van der Waals surface area contributed by atoms with Crippen molar-refractivity contribution in [3.05, 3.63) is 29.3 Å². The molecule has 0 nitrogen and oxygen atoms in total. The van der Waals surface area contributed by atoms with Crippen LogP contribution in [0, 0.1) is 0 Å². The van der Waals surface area contributed by atoms with E-state index in [0.29, 0.717) is 0 Å². The average molecular weight is 263 g/mol. The maximum atomic E-state index is 2.45.